The number of hydrogen-bond acceptors (Lipinski definition) is 3. The van der Waals surface area contributed by atoms with Crippen molar-refractivity contribution in [3.8, 4) is 0 Å². The molecule has 0 radical (unpaired) electrons. The minimum Gasteiger partial charge on any atom is -0.444 e. The molecule has 104 valence electrons. The summed E-state index contributed by atoms with van der Waals surface area (Å²) in [4.78, 5) is 4.25. The van der Waals surface area contributed by atoms with Gasteiger partial charge in [-0.25, -0.2) is 4.98 Å². The summed E-state index contributed by atoms with van der Waals surface area (Å²) >= 11 is 0. The quantitative estimate of drug-likeness (QED) is 0.774. The highest BCUT2D eigenvalue weighted by Crippen LogP contribution is 2.20. The Kier molecular flexibility index (Phi) is 3.56. The van der Waals surface area contributed by atoms with Gasteiger partial charge < -0.3 is 14.3 Å². The number of para-hydroxylation sites is 1. The van der Waals surface area contributed by atoms with E-state index in [-0.39, 0.29) is 0 Å². The van der Waals surface area contributed by atoms with Crippen LogP contribution in [0.4, 0.5) is 0 Å². The van der Waals surface area contributed by atoms with Gasteiger partial charge in [-0.05, 0) is 11.6 Å². The average Bonchev–Trinajstić information content (AvgIpc) is 3.05. The van der Waals surface area contributed by atoms with E-state index in [1.54, 1.807) is 6.20 Å². The Morgan fingerprint density at radius 2 is 2.10 bits per heavy atom. The zero-order chi connectivity index (χ0) is 13.9. The molecule has 4 nitrogen and oxygen atoms in total. The monoisotopic (exact) mass is 269 g/mol. The Bertz CT molecular complexity index is 711. The van der Waals surface area contributed by atoms with E-state index in [0.717, 1.165) is 24.6 Å². The molecule has 0 aliphatic heterocycles. The predicted octanol–water partition coefficient (Wildman–Crippen LogP) is 3.02. The highest BCUT2D eigenvalue weighted by molar-refractivity contribution is 5.83. The molecule has 0 fully saturated rings. The van der Waals surface area contributed by atoms with Crippen LogP contribution in [0.2, 0.25) is 0 Å². The molecule has 4 heteroatoms. The summed E-state index contributed by atoms with van der Waals surface area (Å²) in [5.41, 5.74) is 2.55. The van der Waals surface area contributed by atoms with E-state index in [2.05, 4.69) is 59.3 Å². The van der Waals surface area contributed by atoms with Gasteiger partial charge in [0, 0.05) is 37.1 Å². The van der Waals surface area contributed by atoms with Gasteiger partial charge in [-0.3, -0.25) is 0 Å². The third kappa shape index (κ3) is 2.47. The fourth-order valence-corrected chi connectivity index (χ4v) is 2.46. The van der Waals surface area contributed by atoms with Crippen LogP contribution in [0.25, 0.3) is 10.9 Å². The minimum atomic E-state index is 0.656. The smallest absolute Gasteiger partial charge is 0.208 e. The Balaban J connectivity index is 1.68. The van der Waals surface area contributed by atoms with E-state index < -0.39 is 0 Å². The number of benzene rings is 1. The number of aryl methyl sites for hydroxylation is 2. The molecule has 0 saturated carbocycles. The van der Waals surface area contributed by atoms with Gasteiger partial charge in [-0.15, -0.1) is 0 Å². The van der Waals surface area contributed by atoms with E-state index in [4.69, 9.17) is 4.42 Å². The molecule has 3 aromatic rings. The Labute approximate surface area is 118 Å². The first-order valence-corrected chi connectivity index (χ1v) is 6.95. The van der Waals surface area contributed by atoms with Crippen molar-refractivity contribution in [1.29, 1.82) is 0 Å². The number of hydrogen-bond donors (Lipinski definition) is 1. The molecule has 1 aromatic carbocycles. The molecule has 1 N–H and O–H groups in total. The lowest BCUT2D eigenvalue weighted by Crippen LogP contribution is -2.12. The van der Waals surface area contributed by atoms with E-state index in [1.165, 1.54) is 16.5 Å². The standard InChI is InChI=1S/C16H19N3O/c1-3-13-9-18-16(20-13)10-17-8-12-11-19(2)15-7-5-4-6-14(12)15/h4-7,9,11,17H,3,8,10H2,1-2H3. The maximum Gasteiger partial charge on any atom is 0.208 e. The van der Waals surface area contributed by atoms with Gasteiger partial charge in [0.2, 0.25) is 5.89 Å². The lowest BCUT2D eigenvalue weighted by Gasteiger charge is -2.01. The van der Waals surface area contributed by atoms with Crippen molar-refractivity contribution in [2.24, 2.45) is 7.05 Å². The van der Waals surface area contributed by atoms with Crippen LogP contribution in [0.3, 0.4) is 0 Å². The number of nitrogens with zero attached hydrogens (tertiary/aromatic N) is 2. The number of nitrogens with one attached hydrogen (secondary N) is 1. The van der Waals surface area contributed by atoms with Crippen molar-refractivity contribution >= 4 is 10.9 Å². The zero-order valence-electron chi connectivity index (χ0n) is 11.9. The van der Waals surface area contributed by atoms with Gasteiger partial charge in [0.25, 0.3) is 0 Å². The van der Waals surface area contributed by atoms with E-state index in [1.807, 2.05) is 0 Å². The fraction of sp³-hybridized carbons (Fsp3) is 0.312. The van der Waals surface area contributed by atoms with Crippen LogP contribution >= 0.6 is 0 Å². The minimum absolute atomic E-state index is 0.656. The van der Waals surface area contributed by atoms with Crippen molar-refractivity contribution in [2.45, 2.75) is 26.4 Å². The summed E-state index contributed by atoms with van der Waals surface area (Å²) in [6, 6.07) is 8.44. The molecule has 0 saturated heterocycles. The molecular formula is C16H19N3O. The summed E-state index contributed by atoms with van der Waals surface area (Å²) in [5.74, 6) is 1.69. The molecule has 20 heavy (non-hydrogen) atoms. The van der Waals surface area contributed by atoms with Crippen molar-refractivity contribution in [3.05, 3.63) is 53.9 Å². The SMILES string of the molecule is CCc1cnc(CNCc2cn(C)c3ccccc23)o1. The van der Waals surface area contributed by atoms with Gasteiger partial charge in [0.05, 0.1) is 12.7 Å². The molecule has 0 unspecified atom stereocenters. The molecular weight excluding hydrogens is 250 g/mol. The lowest BCUT2D eigenvalue weighted by molar-refractivity contribution is 0.439. The van der Waals surface area contributed by atoms with Crippen molar-refractivity contribution in [2.75, 3.05) is 0 Å². The fourth-order valence-electron chi connectivity index (χ4n) is 2.46. The molecule has 2 heterocycles. The molecule has 3 rings (SSSR count). The van der Waals surface area contributed by atoms with Gasteiger partial charge in [0.1, 0.15) is 5.76 Å². The number of rotatable bonds is 5. The van der Waals surface area contributed by atoms with Crippen LogP contribution in [0.1, 0.15) is 24.1 Å². The summed E-state index contributed by atoms with van der Waals surface area (Å²) in [6.07, 6.45) is 4.86. The van der Waals surface area contributed by atoms with Crippen molar-refractivity contribution < 1.29 is 4.42 Å². The van der Waals surface area contributed by atoms with Crippen LogP contribution in [0.5, 0.6) is 0 Å². The first-order chi connectivity index (χ1) is 9.78. The summed E-state index contributed by atoms with van der Waals surface area (Å²) in [7, 11) is 2.08. The van der Waals surface area contributed by atoms with Crippen LogP contribution < -0.4 is 5.32 Å². The van der Waals surface area contributed by atoms with Gasteiger partial charge in [-0.1, -0.05) is 25.1 Å². The van der Waals surface area contributed by atoms with Crippen molar-refractivity contribution in [3.63, 3.8) is 0 Å². The van der Waals surface area contributed by atoms with Crippen molar-refractivity contribution in [1.82, 2.24) is 14.9 Å². The molecule has 0 aliphatic carbocycles. The number of fused-ring (bicyclic) bond motifs is 1. The predicted molar refractivity (Wildman–Crippen MR) is 79.3 cm³/mol. The first kappa shape index (κ1) is 12.9. The number of oxazole rings is 1. The third-order valence-corrected chi connectivity index (χ3v) is 3.52. The Morgan fingerprint density at radius 1 is 1.25 bits per heavy atom. The lowest BCUT2D eigenvalue weighted by atomic mass is 10.2. The average molecular weight is 269 g/mol. The second-order valence-electron chi connectivity index (χ2n) is 4.96. The topological polar surface area (TPSA) is 43.0 Å². The summed E-state index contributed by atoms with van der Waals surface area (Å²) in [6.45, 7) is 3.53. The summed E-state index contributed by atoms with van der Waals surface area (Å²) < 4.78 is 7.74. The third-order valence-electron chi connectivity index (χ3n) is 3.52. The van der Waals surface area contributed by atoms with Gasteiger partial charge in [0.15, 0.2) is 0 Å². The normalized spacial score (nSPS) is 11.3. The Morgan fingerprint density at radius 3 is 2.90 bits per heavy atom. The maximum absolute atomic E-state index is 5.58. The van der Waals surface area contributed by atoms with Crippen LogP contribution in [0.15, 0.2) is 41.1 Å². The zero-order valence-corrected chi connectivity index (χ0v) is 11.9. The Hall–Kier alpha value is -2.07. The second-order valence-corrected chi connectivity index (χ2v) is 4.96. The van der Waals surface area contributed by atoms with Crippen LogP contribution in [-0.2, 0) is 26.6 Å². The first-order valence-electron chi connectivity index (χ1n) is 6.95. The van der Waals surface area contributed by atoms with E-state index in [0.29, 0.717) is 6.54 Å². The molecule has 0 atom stereocenters. The highest BCUT2D eigenvalue weighted by Gasteiger charge is 2.06. The van der Waals surface area contributed by atoms with Crippen LogP contribution in [0, 0.1) is 0 Å². The molecule has 0 amide bonds. The molecule has 2 aromatic heterocycles. The maximum atomic E-state index is 5.58. The van der Waals surface area contributed by atoms with Crippen LogP contribution in [-0.4, -0.2) is 9.55 Å². The molecule has 0 bridgehead atoms. The highest BCUT2D eigenvalue weighted by atomic mass is 16.4. The van der Waals surface area contributed by atoms with Gasteiger partial charge in [-0.2, -0.15) is 0 Å². The number of aromatic nitrogens is 2. The van der Waals surface area contributed by atoms with E-state index >= 15 is 0 Å². The molecule has 0 spiro atoms. The largest absolute Gasteiger partial charge is 0.444 e. The second kappa shape index (κ2) is 5.51. The molecule has 0 aliphatic rings. The summed E-state index contributed by atoms with van der Waals surface area (Å²) in [5, 5.41) is 4.69. The van der Waals surface area contributed by atoms with E-state index in [9.17, 15) is 0 Å². The van der Waals surface area contributed by atoms with Gasteiger partial charge >= 0.3 is 0 Å².